The number of rotatable bonds is 5. The van der Waals surface area contributed by atoms with Crippen molar-refractivity contribution < 1.29 is 14.3 Å². The largest absolute Gasteiger partial charge is 0.508 e. The monoisotopic (exact) mass is 287 g/mol. The molecule has 0 bridgehead atoms. The van der Waals surface area contributed by atoms with E-state index in [0.29, 0.717) is 12.5 Å². The van der Waals surface area contributed by atoms with Crippen LogP contribution in [0, 0.1) is 0 Å². The van der Waals surface area contributed by atoms with Crippen molar-refractivity contribution in [2.45, 2.75) is 51.0 Å². The number of carbonyl (C=O) groups excluding carboxylic acids is 1. The summed E-state index contributed by atoms with van der Waals surface area (Å²) >= 11 is 0. The number of hydrogen-bond acceptors (Lipinski definition) is 3. The second-order valence-corrected chi connectivity index (χ2v) is 5.84. The van der Waals surface area contributed by atoms with Crippen LogP contribution in [0.4, 0.5) is 0 Å². The normalized spacial score (nSPS) is 15.6. The predicted molar refractivity (Wildman–Crippen MR) is 81.2 cm³/mol. The maximum Gasteiger partial charge on any atom is 0.220 e. The number of amides is 1. The fourth-order valence-electron chi connectivity index (χ4n) is 3.07. The van der Waals surface area contributed by atoms with Crippen LogP contribution in [0.3, 0.4) is 0 Å². The van der Waals surface area contributed by atoms with Crippen molar-refractivity contribution in [1.29, 1.82) is 0 Å². The Morgan fingerprint density at radius 3 is 2.95 bits per heavy atom. The van der Waals surface area contributed by atoms with Gasteiger partial charge in [-0.1, -0.05) is 12.8 Å². The quantitative estimate of drug-likeness (QED) is 0.884. The molecule has 112 valence electrons. The molecule has 21 heavy (non-hydrogen) atoms. The third kappa shape index (κ3) is 3.38. The number of aryl methyl sites for hydroxylation is 1. The summed E-state index contributed by atoms with van der Waals surface area (Å²) in [6.45, 7) is 0. The van der Waals surface area contributed by atoms with Crippen LogP contribution in [0.2, 0.25) is 0 Å². The minimum absolute atomic E-state index is 0.151. The number of phenolic OH excluding ortho intramolecular Hbond substituents is 1. The Morgan fingerprint density at radius 2 is 2.14 bits per heavy atom. The van der Waals surface area contributed by atoms with Crippen LogP contribution >= 0.6 is 0 Å². The molecule has 4 nitrogen and oxygen atoms in total. The van der Waals surface area contributed by atoms with Crippen LogP contribution in [0.15, 0.2) is 28.9 Å². The van der Waals surface area contributed by atoms with Crippen molar-refractivity contribution >= 4 is 16.9 Å². The van der Waals surface area contributed by atoms with E-state index in [2.05, 4.69) is 5.32 Å². The van der Waals surface area contributed by atoms with Crippen molar-refractivity contribution in [1.82, 2.24) is 5.32 Å². The highest BCUT2D eigenvalue weighted by Crippen LogP contribution is 2.26. The second kappa shape index (κ2) is 6.20. The van der Waals surface area contributed by atoms with Crippen LogP contribution in [0.5, 0.6) is 5.75 Å². The van der Waals surface area contributed by atoms with Gasteiger partial charge in [0.1, 0.15) is 11.3 Å². The van der Waals surface area contributed by atoms with E-state index in [1.165, 1.54) is 12.8 Å². The topological polar surface area (TPSA) is 62.5 Å². The molecule has 0 spiro atoms. The molecule has 0 aliphatic heterocycles. The highest BCUT2D eigenvalue weighted by atomic mass is 16.3. The van der Waals surface area contributed by atoms with Crippen molar-refractivity contribution in [2.24, 2.45) is 0 Å². The summed E-state index contributed by atoms with van der Waals surface area (Å²) in [7, 11) is 0. The first kappa shape index (κ1) is 14.0. The number of aromatic hydroxyl groups is 1. The number of nitrogens with one attached hydrogen (secondary N) is 1. The van der Waals surface area contributed by atoms with Crippen molar-refractivity contribution in [2.75, 3.05) is 0 Å². The summed E-state index contributed by atoms with van der Waals surface area (Å²) in [4.78, 5) is 11.9. The summed E-state index contributed by atoms with van der Waals surface area (Å²) in [5.41, 5.74) is 1.83. The van der Waals surface area contributed by atoms with Gasteiger partial charge < -0.3 is 14.8 Å². The van der Waals surface area contributed by atoms with E-state index in [1.54, 1.807) is 24.5 Å². The minimum atomic E-state index is 0.151. The van der Waals surface area contributed by atoms with E-state index in [0.717, 1.165) is 42.2 Å². The van der Waals surface area contributed by atoms with E-state index >= 15 is 0 Å². The lowest BCUT2D eigenvalue weighted by molar-refractivity contribution is -0.121. The molecular weight excluding hydrogens is 266 g/mol. The van der Waals surface area contributed by atoms with E-state index in [9.17, 15) is 9.90 Å². The van der Waals surface area contributed by atoms with Gasteiger partial charge in [-0.25, -0.2) is 0 Å². The van der Waals surface area contributed by atoms with Crippen LogP contribution in [-0.4, -0.2) is 17.1 Å². The molecule has 4 heteroatoms. The molecule has 1 aromatic carbocycles. The molecule has 1 aliphatic carbocycles. The Morgan fingerprint density at radius 1 is 1.33 bits per heavy atom. The van der Waals surface area contributed by atoms with E-state index in [1.807, 2.05) is 0 Å². The molecule has 0 atom stereocenters. The third-order valence-electron chi connectivity index (χ3n) is 4.21. The average molecular weight is 287 g/mol. The zero-order chi connectivity index (χ0) is 14.7. The molecule has 0 saturated heterocycles. The zero-order valence-corrected chi connectivity index (χ0v) is 12.1. The summed E-state index contributed by atoms with van der Waals surface area (Å²) in [6, 6.07) is 5.49. The summed E-state index contributed by atoms with van der Waals surface area (Å²) in [5, 5.41) is 13.6. The standard InChI is InChI=1S/C17H21NO3/c19-14-8-9-16-15(10-14)12(11-21-16)4-3-7-17(20)18-13-5-1-2-6-13/h8-11,13,19H,1-7H2,(H,18,20). The third-order valence-corrected chi connectivity index (χ3v) is 4.21. The van der Waals surface area contributed by atoms with Crippen molar-refractivity contribution in [3.05, 3.63) is 30.0 Å². The molecule has 2 N–H and O–H groups in total. The van der Waals surface area contributed by atoms with Gasteiger partial charge in [0.25, 0.3) is 0 Å². The van der Waals surface area contributed by atoms with Gasteiger partial charge >= 0.3 is 0 Å². The Kier molecular flexibility index (Phi) is 4.13. The lowest BCUT2D eigenvalue weighted by atomic mass is 10.1. The van der Waals surface area contributed by atoms with Crippen LogP contribution in [0.1, 0.15) is 44.1 Å². The average Bonchev–Trinajstić information content (AvgIpc) is 3.09. The first-order valence-corrected chi connectivity index (χ1v) is 7.71. The second-order valence-electron chi connectivity index (χ2n) is 5.84. The lowest BCUT2D eigenvalue weighted by Crippen LogP contribution is -2.32. The molecule has 1 saturated carbocycles. The Hall–Kier alpha value is -1.97. The molecule has 1 aromatic heterocycles. The number of phenols is 1. The highest BCUT2D eigenvalue weighted by molar-refractivity contribution is 5.82. The molecule has 0 radical (unpaired) electrons. The SMILES string of the molecule is O=C(CCCc1coc2ccc(O)cc12)NC1CCCC1. The molecule has 1 fully saturated rings. The van der Waals surface area contributed by atoms with Crippen LogP contribution in [0.25, 0.3) is 11.0 Å². The molecule has 0 unspecified atom stereocenters. The smallest absolute Gasteiger partial charge is 0.220 e. The maximum absolute atomic E-state index is 11.9. The number of hydrogen-bond donors (Lipinski definition) is 2. The van der Waals surface area contributed by atoms with Crippen molar-refractivity contribution in [3.8, 4) is 5.75 Å². The van der Waals surface area contributed by atoms with Gasteiger partial charge in [0.05, 0.1) is 6.26 Å². The van der Waals surface area contributed by atoms with Gasteiger partial charge in [-0.05, 0) is 49.4 Å². The van der Waals surface area contributed by atoms with Gasteiger partial charge in [-0.3, -0.25) is 4.79 Å². The minimum Gasteiger partial charge on any atom is -0.508 e. The molecule has 3 rings (SSSR count). The number of fused-ring (bicyclic) bond motifs is 1. The summed E-state index contributed by atoms with van der Waals surface area (Å²) < 4.78 is 5.46. The maximum atomic E-state index is 11.9. The fraction of sp³-hybridized carbons (Fsp3) is 0.471. The first-order chi connectivity index (χ1) is 10.2. The van der Waals surface area contributed by atoms with E-state index in [-0.39, 0.29) is 11.7 Å². The number of furan rings is 1. The molecule has 1 aliphatic rings. The van der Waals surface area contributed by atoms with Gasteiger partial charge in [-0.15, -0.1) is 0 Å². The van der Waals surface area contributed by atoms with Crippen LogP contribution < -0.4 is 5.32 Å². The Labute approximate surface area is 124 Å². The lowest BCUT2D eigenvalue weighted by Gasteiger charge is -2.11. The molecule has 2 aromatic rings. The molecule has 1 heterocycles. The van der Waals surface area contributed by atoms with Crippen molar-refractivity contribution in [3.63, 3.8) is 0 Å². The Bertz CT molecular complexity index is 626. The van der Waals surface area contributed by atoms with Gasteiger partial charge in [-0.2, -0.15) is 0 Å². The van der Waals surface area contributed by atoms with Crippen LogP contribution in [-0.2, 0) is 11.2 Å². The number of benzene rings is 1. The highest BCUT2D eigenvalue weighted by Gasteiger charge is 2.16. The van der Waals surface area contributed by atoms with E-state index < -0.39 is 0 Å². The first-order valence-electron chi connectivity index (χ1n) is 7.71. The van der Waals surface area contributed by atoms with E-state index in [4.69, 9.17) is 4.42 Å². The predicted octanol–water partition coefficient (Wildman–Crippen LogP) is 3.52. The molecule has 1 amide bonds. The molecular formula is C17H21NO3. The fourth-order valence-corrected chi connectivity index (χ4v) is 3.07. The Balaban J connectivity index is 1.52. The zero-order valence-electron chi connectivity index (χ0n) is 12.1. The number of carbonyl (C=O) groups is 1. The summed E-state index contributed by atoms with van der Waals surface area (Å²) in [5.74, 6) is 0.390. The van der Waals surface area contributed by atoms with Gasteiger partial charge in [0.2, 0.25) is 5.91 Å². The van der Waals surface area contributed by atoms with Gasteiger partial charge in [0.15, 0.2) is 0 Å². The van der Waals surface area contributed by atoms with Gasteiger partial charge in [0, 0.05) is 17.8 Å². The summed E-state index contributed by atoms with van der Waals surface area (Å²) in [6.07, 6.45) is 8.55.